The minimum absolute atomic E-state index is 0.248. The highest BCUT2D eigenvalue weighted by molar-refractivity contribution is 7.90. The van der Waals surface area contributed by atoms with Gasteiger partial charge in [0.15, 0.2) is 0 Å². The highest BCUT2D eigenvalue weighted by atomic mass is 32.2. The number of hydrogen-bond acceptors (Lipinski definition) is 3. The van der Waals surface area contributed by atoms with Crippen LogP contribution in [0.15, 0.2) is 0 Å². The maximum Gasteiger partial charge on any atom is 0.225 e. The summed E-state index contributed by atoms with van der Waals surface area (Å²) < 4.78 is 22.6. The van der Waals surface area contributed by atoms with Crippen molar-refractivity contribution < 1.29 is 13.2 Å². The van der Waals surface area contributed by atoms with Gasteiger partial charge in [-0.2, -0.15) is 0 Å². The zero-order valence-electron chi connectivity index (χ0n) is 11.5. The van der Waals surface area contributed by atoms with Crippen LogP contribution in [0.2, 0.25) is 0 Å². The van der Waals surface area contributed by atoms with Crippen LogP contribution in [-0.2, 0) is 14.6 Å². The van der Waals surface area contributed by atoms with Crippen LogP contribution in [0, 0.1) is 23.7 Å². The van der Waals surface area contributed by atoms with Gasteiger partial charge < -0.3 is 4.90 Å². The molecule has 0 N–H and O–H groups in total. The maximum atomic E-state index is 12.3. The summed E-state index contributed by atoms with van der Waals surface area (Å²) >= 11 is 0. The fourth-order valence-corrected chi connectivity index (χ4v) is 4.72. The molecule has 3 rings (SSSR count). The SMILES string of the molecule is CS(=O)(=O)CC1CCN(C(=O)[C@H]2C[C@@H]2C2CC2)CC1. The van der Waals surface area contributed by atoms with Gasteiger partial charge >= 0.3 is 0 Å². The zero-order valence-corrected chi connectivity index (χ0v) is 12.4. The molecule has 0 aromatic rings. The molecule has 3 fully saturated rings. The second kappa shape index (κ2) is 4.76. The molecule has 0 aromatic carbocycles. The van der Waals surface area contributed by atoms with Crippen molar-refractivity contribution in [3.05, 3.63) is 0 Å². The summed E-state index contributed by atoms with van der Waals surface area (Å²) in [6, 6.07) is 0. The lowest BCUT2D eigenvalue weighted by atomic mass is 9.98. The van der Waals surface area contributed by atoms with Gasteiger partial charge in [0.25, 0.3) is 0 Å². The molecule has 1 aliphatic heterocycles. The summed E-state index contributed by atoms with van der Waals surface area (Å²) in [6.07, 6.45) is 6.75. The molecule has 1 amide bonds. The lowest BCUT2D eigenvalue weighted by molar-refractivity contribution is -0.134. The summed E-state index contributed by atoms with van der Waals surface area (Å²) in [5.41, 5.74) is 0. The Balaban J connectivity index is 1.46. The molecule has 0 radical (unpaired) electrons. The number of nitrogens with zero attached hydrogens (tertiary/aromatic N) is 1. The molecule has 2 atom stereocenters. The van der Waals surface area contributed by atoms with Gasteiger partial charge in [-0.25, -0.2) is 8.42 Å². The van der Waals surface area contributed by atoms with E-state index in [0.29, 0.717) is 17.7 Å². The second-order valence-electron chi connectivity index (χ2n) is 6.70. The second-order valence-corrected chi connectivity index (χ2v) is 8.89. The van der Waals surface area contributed by atoms with Crippen molar-refractivity contribution >= 4 is 15.7 Å². The highest BCUT2D eigenvalue weighted by Crippen LogP contribution is 2.55. The molecular weight excluding hydrogens is 262 g/mol. The van der Waals surface area contributed by atoms with Gasteiger partial charge in [0, 0.05) is 25.3 Å². The van der Waals surface area contributed by atoms with Crippen LogP contribution >= 0.6 is 0 Å². The number of piperidine rings is 1. The van der Waals surface area contributed by atoms with E-state index < -0.39 is 9.84 Å². The normalized spacial score (nSPS) is 32.4. The minimum atomic E-state index is -2.88. The van der Waals surface area contributed by atoms with Gasteiger partial charge in [-0.15, -0.1) is 0 Å². The van der Waals surface area contributed by atoms with Gasteiger partial charge in [0.1, 0.15) is 9.84 Å². The standard InChI is InChI=1S/C14H23NO3S/c1-19(17,18)9-10-4-6-15(7-5-10)14(16)13-8-12(13)11-2-3-11/h10-13H,2-9H2,1H3/t12-,13+/m1/s1. The average Bonchev–Trinajstić information content (AvgIpc) is 3.18. The van der Waals surface area contributed by atoms with Crippen molar-refractivity contribution in [1.29, 1.82) is 0 Å². The minimum Gasteiger partial charge on any atom is -0.342 e. The summed E-state index contributed by atoms with van der Waals surface area (Å²) in [6.45, 7) is 1.51. The van der Waals surface area contributed by atoms with E-state index in [1.54, 1.807) is 0 Å². The van der Waals surface area contributed by atoms with E-state index >= 15 is 0 Å². The number of amides is 1. The van der Waals surface area contributed by atoms with Crippen LogP contribution in [0.25, 0.3) is 0 Å². The van der Waals surface area contributed by atoms with Crippen molar-refractivity contribution in [2.24, 2.45) is 23.7 Å². The number of carbonyl (C=O) groups is 1. The lowest BCUT2D eigenvalue weighted by Crippen LogP contribution is -2.40. The Hall–Kier alpha value is -0.580. The molecule has 0 aromatic heterocycles. The number of hydrogen-bond donors (Lipinski definition) is 0. The number of carbonyl (C=O) groups excluding carboxylic acids is 1. The number of sulfone groups is 1. The van der Waals surface area contributed by atoms with E-state index in [1.165, 1.54) is 19.1 Å². The van der Waals surface area contributed by atoms with E-state index in [-0.39, 0.29) is 11.7 Å². The zero-order chi connectivity index (χ0) is 13.6. The van der Waals surface area contributed by atoms with E-state index in [9.17, 15) is 13.2 Å². The first kappa shape index (κ1) is 13.4. The highest BCUT2D eigenvalue weighted by Gasteiger charge is 2.52. The fraction of sp³-hybridized carbons (Fsp3) is 0.929. The van der Waals surface area contributed by atoms with E-state index in [2.05, 4.69) is 0 Å². The van der Waals surface area contributed by atoms with Gasteiger partial charge in [0.05, 0.1) is 5.75 Å². The Morgan fingerprint density at radius 1 is 1.16 bits per heavy atom. The smallest absolute Gasteiger partial charge is 0.225 e. The molecule has 1 saturated heterocycles. The van der Waals surface area contributed by atoms with Crippen molar-refractivity contribution in [1.82, 2.24) is 4.90 Å². The lowest BCUT2D eigenvalue weighted by Gasteiger charge is -2.32. The van der Waals surface area contributed by atoms with Crippen molar-refractivity contribution in [2.75, 3.05) is 25.1 Å². The molecule has 0 spiro atoms. The van der Waals surface area contributed by atoms with Crippen molar-refractivity contribution in [3.8, 4) is 0 Å². The first-order chi connectivity index (χ1) is 8.94. The van der Waals surface area contributed by atoms with Crippen molar-refractivity contribution in [2.45, 2.75) is 32.1 Å². The first-order valence-corrected chi connectivity index (χ1v) is 9.46. The van der Waals surface area contributed by atoms with E-state index in [0.717, 1.165) is 38.3 Å². The Morgan fingerprint density at radius 3 is 2.32 bits per heavy atom. The van der Waals surface area contributed by atoms with Crippen molar-refractivity contribution in [3.63, 3.8) is 0 Å². The molecule has 108 valence electrons. The predicted octanol–water partition coefficient (Wildman–Crippen LogP) is 1.32. The summed E-state index contributed by atoms with van der Waals surface area (Å²) in [5.74, 6) is 2.70. The average molecular weight is 285 g/mol. The Kier molecular flexibility index (Phi) is 3.36. The van der Waals surface area contributed by atoms with E-state index in [1.807, 2.05) is 4.90 Å². The first-order valence-electron chi connectivity index (χ1n) is 7.40. The molecule has 4 nitrogen and oxygen atoms in total. The molecule has 0 unspecified atom stereocenters. The molecule has 19 heavy (non-hydrogen) atoms. The third-order valence-electron chi connectivity index (χ3n) is 4.85. The van der Waals surface area contributed by atoms with Crippen LogP contribution < -0.4 is 0 Å². The third kappa shape index (κ3) is 3.30. The Morgan fingerprint density at radius 2 is 1.79 bits per heavy atom. The molecule has 2 aliphatic carbocycles. The topological polar surface area (TPSA) is 54.5 Å². The largest absolute Gasteiger partial charge is 0.342 e. The van der Waals surface area contributed by atoms with E-state index in [4.69, 9.17) is 0 Å². The van der Waals surface area contributed by atoms with Crippen LogP contribution in [0.3, 0.4) is 0 Å². The predicted molar refractivity (Wildman–Crippen MR) is 73.3 cm³/mol. The molecule has 0 bridgehead atoms. The maximum absolute atomic E-state index is 12.3. The van der Waals surface area contributed by atoms with Gasteiger partial charge in [-0.3, -0.25) is 4.79 Å². The van der Waals surface area contributed by atoms with Gasteiger partial charge in [-0.05, 0) is 49.9 Å². The quantitative estimate of drug-likeness (QED) is 0.782. The van der Waals surface area contributed by atoms with Crippen LogP contribution in [0.1, 0.15) is 32.1 Å². The summed E-state index contributed by atoms with van der Waals surface area (Å²) in [5, 5.41) is 0. The Bertz CT molecular complexity index is 461. The summed E-state index contributed by atoms with van der Waals surface area (Å²) in [7, 11) is -2.88. The number of rotatable bonds is 4. The molecule has 5 heteroatoms. The molecule has 3 aliphatic rings. The molecule has 2 saturated carbocycles. The van der Waals surface area contributed by atoms with Crippen LogP contribution in [-0.4, -0.2) is 44.3 Å². The van der Waals surface area contributed by atoms with Gasteiger partial charge in [0.2, 0.25) is 5.91 Å². The Labute approximate surface area is 115 Å². The molecular formula is C14H23NO3S. The van der Waals surface area contributed by atoms with Gasteiger partial charge in [-0.1, -0.05) is 0 Å². The third-order valence-corrected chi connectivity index (χ3v) is 5.93. The summed E-state index contributed by atoms with van der Waals surface area (Å²) in [4.78, 5) is 14.3. The molecule has 1 heterocycles. The van der Waals surface area contributed by atoms with Crippen LogP contribution in [0.4, 0.5) is 0 Å². The fourth-order valence-electron chi connectivity index (χ4n) is 3.53. The van der Waals surface area contributed by atoms with Crippen LogP contribution in [0.5, 0.6) is 0 Å². The number of likely N-dealkylation sites (tertiary alicyclic amines) is 1. The monoisotopic (exact) mass is 285 g/mol.